The highest BCUT2D eigenvalue weighted by molar-refractivity contribution is 7.99. The minimum atomic E-state index is 0.430. The van der Waals surface area contributed by atoms with Crippen LogP contribution in [0.4, 0.5) is 0 Å². The number of hydrogen-bond acceptors (Lipinski definition) is 2. The summed E-state index contributed by atoms with van der Waals surface area (Å²) in [6.07, 6.45) is 3.14. The monoisotopic (exact) mass is 274 g/mol. The molecule has 1 heterocycles. The van der Waals surface area contributed by atoms with Gasteiger partial charge in [-0.25, -0.2) is 4.98 Å². The van der Waals surface area contributed by atoms with Crippen molar-refractivity contribution in [1.29, 1.82) is 0 Å². The molecule has 0 aliphatic carbocycles. The largest absolute Gasteiger partial charge is 0.324 e. The Balaban J connectivity index is 2.49. The molecule has 0 fully saturated rings. The standard InChI is InChI=1S/C16H22N2S/c1-5-9-18-15-11-13(19-10-6-2)7-8-14(15)17-16(18)12(3)4/h5,7-8,11-12H,1,6,9-10H2,2-4H3. The van der Waals surface area contributed by atoms with Crippen LogP contribution in [0.3, 0.4) is 0 Å². The molecule has 0 saturated carbocycles. The summed E-state index contributed by atoms with van der Waals surface area (Å²) in [6, 6.07) is 6.58. The number of allylic oxidation sites excluding steroid dienone is 1. The van der Waals surface area contributed by atoms with Crippen LogP contribution < -0.4 is 0 Å². The van der Waals surface area contributed by atoms with Gasteiger partial charge in [-0.1, -0.05) is 26.8 Å². The molecule has 0 radical (unpaired) electrons. The molecular weight excluding hydrogens is 252 g/mol. The Bertz CT molecular complexity index is 569. The Kier molecular flexibility index (Phi) is 4.70. The molecular formula is C16H22N2S. The summed E-state index contributed by atoms with van der Waals surface area (Å²) in [7, 11) is 0. The van der Waals surface area contributed by atoms with Gasteiger partial charge in [-0.3, -0.25) is 0 Å². The van der Waals surface area contributed by atoms with Gasteiger partial charge in [-0.05, 0) is 30.4 Å². The molecule has 0 atom stereocenters. The predicted octanol–water partition coefficient (Wildman–Crippen LogP) is 4.85. The summed E-state index contributed by atoms with van der Waals surface area (Å²) in [5.74, 6) is 2.74. The average molecular weight is 274 g/mol. The summed E-state index contributed by atoms with van der Waals surface area (Å²) in [6.45, 7) is 11.3. The van der Waals surface area contributed by atoms with Gasteiger partial charge in [-0.2, -0.15) is 0 Å². The first-order chi connectivity index (χ1) is 9.17. The normalized spacial score (nSPS) is 11.4. The maximum atomic E-state index is 4.76. The van der Waals surface area contributed by atoms with Gasteiger partial charge >= 0.3 is 0 Å². The number of fused-ring (bicyclic) bond motifs is 1. The summed E-state index contributed by atoms with van der Waals surface area (Å²) in [5.41, 5.74) is 2.32. The lowest BCUT2D eigenvalue weighted by Gasteiger charge is -2.09. The molecule has 1 aromatic heterocycles. The van der Waals surface area contributed by atoms with Gasteiger partial charge in [0.2, 0.25) is 0 Å². The van der Waals surface area contributed by atoms with Crippen molar-refractivity contribution in [2.24, 2.45) is 0 Å². The third-order valence-electron chi connectivity index (χ3n) is 3.05. The highest BCUT2D eigenvalue weighted by Crippen LogP contribution is 2.27. The number of thioether (sulfide) groups is 1. The van der Waals surface area contributed by atoms with Gasteiger partial charge in [0.1, 0.15) is 5.82 Å². The first kappa shape index (κ1) is 14.2. The van der Waals surface area contributed by atoms with Crippen molar-refractivity contribution in [2.75, 3.05) is 5.75 Å². The number of imidazole rings is 1. The maximum Gasteiger partial charge on any atom is 0.112 e. The fourth-order valence-electron chi connectivity index (χ4n) is 2.19. The SMILES string of the molecule is C=CCn1c(C(C)C)nc2ccc(SCCC)cc21. The van der Waals surface area contributed by atoms with Gasteiger partial charge in [0, 0.05) is 17.4 Å². The lowest BCUT2D eigenvalue weighted by Crippen LogP contribution is -2.03. The molecule has 19 heavy (non-hydrogen) atoms. The van der Waals surface area contributed by atoms with E-state index in [0.717, 1.165) is 23.6 Å². The van der Waals surface area contributed by atoms with Gasteiger partial charge < -0.3 is 4.57 Å². The van der Waals surface area contributed by atoms with Crippen LogP contribution in [0.1, 0.15) is 38.9 Å². The van der Waals surface area contributed by atoms with Crippen molar-refractivity contribution < 1.29 is 0 Å². The highest BCUT2D eigenvalue weighted by atomic mass is 32.2. The molecule has 0 N–H and O–H groups in total. The Hall–Kier alpha value is -1.22. The predicted molar refractivity (Wildman–Crippen MR) is 85.0 cm³/mol. The molecule has 0 aliphatic heterocycles. The van der Waals surface area contributed by atoms with E-state index in [2.05, 4.69) is 50.1 Å². The topological polar surface area (TPSA) is 17.8 Å². The van der Waals surface area contributed by atoms with E-state index in [4.69, 9.17) is 4.98 Å². The highest BCUT2D eigenvalue weighted by Gasteiger charge is 2.13. The Morgan fingerprint density at radius 3 is 2.84 bits per heavy atom. The quantitative estimate of drug-likeness (QED) is 0.553. The van der Waals surface area contributed by atoms with Crippen LogP contribution in [0.25, 0.3) is 11.0 Å². The van der Waals surface area contributed by atoms with Crippen LogP contribution in [0.2, 0.25) is 0 Å². The van der Waals surface area contributed by atoms with Crippen molar-refractivity contribution in [3.8, 4) is 0 Å². The Morgan fingerprint density at radius 2 is 2.21 bits per heavy atom. The van der Waals surface area contributed by atoms with E-state index in [9.17, 15) is 0 Å². The van der Waals surface area contributed by atoms with Crippen LogP contribution in [-0.2, 0) is 6.54 Å². The minimum absolute atomic E-state index is 0.430. The number of hydrogen-bond donors (Lipinski definition) is 0. The molecule has 0 saturated heterocycles. The zero-order chi connectivity index (χ0) is 13.8. The molecule has 2 aromatic rings. The van der Waals surface area contributed by atoms with Crippen LogP contribution in [0.15, 0.2) is 35.7 Å². The molecule has 102 valence electrons. The molecule has 0 bridgehead atoms. The molecule has 1 aromatic carbocycles. The van der Waals surface area contributed by atoms with Crippen molar-refractivity contribution in [1.82, 2.24) is 9.55 Å². The fraction of sp³-hybridized carbons (Fsp3) is 0.438. The average Bonchev–Trinajstić information content (AvgIpc) is 2.75. The van der Waals surface area contributed by atoms with E-state index in [-0.39, 0.29) is 0 Å². The summed E-state index contributed by atoms with van der Waals surface area (Å²) in [4.78, 5) is 6.09. The molecule has 2 rings (SSSR count). The second kappa shape index (κ2) is 6.29. The molecule has 0 spiro atoms. The van der Waals surface area contributed by atoms with Gasteiger partial charge in [0.15, 0.2) is 0 Å². The second-order valence-electron chi connectivity index (χ2n) is 5.02. The molecule has 0 unspecified atom stereocenters. The van der Waals surface area contributed by atoms with Gasteiger partial charge in [0.05, 0.1) is 11.0 Å². The smallest absolute Gasteiger partial charge is 0.112 e. The van der Waals surface area contributed by atoms with Crippen LogP contribution >= 0.6 is 11.8 Å². The van der Waals surface area contributed by atoms with Crippen molar-refractivity contribution in [3.05, 3.63) is 36.7 Å². The van der Waals surface area contributed by atoms with E-state index in [1.807, 2.05) is 17.8 Å². The van der Waals surface area contributed by atoms with Crippen molar-refractivity contribution in [3.63, 3.8) is 0 Å². The second-order valence-corrected chi connectivity index (χ2v) is 6.19. The van der Waals surface area contributed by atoms with E-state index >= 15 is 0 Å². The number of nitrogens with zero attached hydrogens (tertiary/aromatic N) is 2. The van der Waals surface area contributed by atoms with Crippen LogP contribution in [0.5, 0.6) is 0 Å². The van der Waals surface area contributed by atoms with E-state index in [1.165, 1.54) is 16.8 Å². The lowest BCUT2D eigenvalue weighted by atomic mass is 10.2. The maximum absolute atomic E-state index is 4.76. The lowest BCUT2D eigenvalue weighted by molar-refractivity contribution is 0.692. The number of aromatic nitrogens is 2. The zero-order valence-corrected chi connectivity index (χ0v) is 12.8. The molecule has 3 heteroatoms. The first-order valence-corrected chi connectivity index (χ1v) is 7.89. The third kappa shape index (κ3) is 3.03. The third-order valence-corrected chi connectivity index (χ3v) is 4.25. The molecule has 0 amide bonds. The number of benzene rings is 1. The van der Waals surface area contributed by atoms with Gasteiger partial charge in [0.25, 0.3) is 0 Å². The first-order valence-electron chi connectivity index (χ1n) is 6.91. The Labute approximate surface area is 119 Å². The summed E-state index contributed by atoms with van der Waals surface area (Å²) >= 11 is 1.91. The van der Waals surface area contributed by atoms with E-state index in [1.54, 1.807) is 0 Å². The molecule has 0 aliphatic rings. The van der Waals surface area contributed by atoms with Crippen molar-refractivity contribution in [2.45, 2.75) is 44.6 Å². The zero-order valence-electron chi connectivity index (χ0n) is 12.0. The Morgan fingerprint density at radius 1 is 1.42 bits per heavy atom. The summed E-state index contributed by atoms with van der Waals surface area (Å²) < 4.78 is 2.28. The summed E-state index contributed by atoms with van der Waals surface area (Å²) in [5, 5.41) is 0. The molecule has 2 nitrogen and oxygen atoms in total. The van der Waals surface area contributed by atoms with Crippen LogP contribution in [0, 0.1) is 0 Å². The van der Waals surface area contributed by atoms with Crippen LogP contribution in [-0.4, -0.2) is 15.3 Å². The van der Waals surface area contributed by atoms with Crippen molar-refractivity contribution >= 4 is 22.8 Å². The number of rotatable bonds is 6. The fourth-order valence-corrected chi connectivity index (χ4v) is 2.99. The van der Waals surface area contributed by atoms with Gasteiger partial charge in [-0.15, -0.1) is 18.3 Å². The van der Waals surface area contributed by atoms with E-state index < -0.39 is 0 Å². The minimum Gasteiger partial charge on any atom is -0.324 e. The van der Waals surface area contributed by atoms with E-state index in [0.29, 0.717) is 5.92 Å².